The van der Waals surface area contributed by atoms with E-state index in [1.165, 1.54) is 18.4 Å². The molecule has 2 rings (SSSR count). The van der Waals surface area contributed by atoms with Crippen LogP contribution in [0, 0.1) is 0 Å². The Hall–Kier alpha value is -0.830. The summed E-state index contributed by atoms with van der Waals surface area (Å²) in [6, 6.07) is 0. The number of ether oxygens (including phenoxy) is 1. The Labute approximate surface area is 84.4 Å². The first kappa shape index (κ1) is 9.71. The van der Waals surface area contributed by atoms with Crippen LogP contribution in [0.3, 0.4) is 0 Å². The van der Waals surface area contributed by atoms with Crippen molar-refractivity contribution in [1.29, 1.82) is 0 Å². The summed E-state index contributed by atoms with van der Waals surface area (Å²) in [7, 11) is 0. The van der Waals surface area contributed by atoms with Gasteiger partial charge in [-0.25, -0.2) is 0 Å². The molecule has 1 aromatic rings. The predicted molar refractivity (Wildman–Crippen MR) is 53.2 cm³/mol. The van der Waals surface area contributed by atoms with E-state index in [0.717, 1.165) is 24.5 Å². The van der Waals surface area contributed by atoms with Crippen LogP contribution in [0.4, 0.5) is 0 Å². The van der Waals surface area contributed by atoms with Gasteiger partial charge >= 0.3 is 0 Å². The molecule has 0 aliphatic carbocycles. The van der Waals surface area contributed by atoms with Crippen LogP contribution >= 0.6 is 0 Å². The van der Waals surface area contributed by atoms with Crippen molar-refractivity contribution in [1.82, 2.24) is 5.16 Å². The maximum absolute atomic E-state index is 5.42. The summed E-state index contributed by atoms with van der Waals surface area (Å²) in [5.74, 6) is 1.53. The second kappa shape index (κ2) is 4.13. The van der Waals surface area contributed by atoms with Gasteiger partial charge in [-0.3, -0.25) is 0 Å². The Bertz CT molecular complexity index is 306. The molecule has 0 N–H and O–H groups in total. The van der Waals surface area contributed by atoms with E-state index in [-0.39, 0.29) is 0 Å². The van der Waals surface area contributed by atoms with Crippen molar-refractivity contribution in [3.8, 4) is 0 Å². The summed E-state index contributed by atoms with van der Waals surface area (Å²) in [6.07, 6.45) is 3.23. The molecule has 2 heterocycles. The summed E-state index contributed by atoms with van der Waals surface area (Å²) in [5.41, 5.74) is 2.32. The Morgan fingerprint density at radius 2 is 2.36 bits per heavy atom. The molecular weight excluding hydrogens is 178 g/mol. The van der Waals surface area contributed by atoms with Crippen LogP contribution in [0.25, 0.3) is 0 Å². The van der Waals surface area contributed by atoms with Crippen LogP contribution in [0.2, 0.25) is 0 Å². The van der Waals surface area contributed by atoms with Crippen molar-refractivity contribution in [2.24, 2.45) is 0 Å². The number of rotatable bonds is 3. The van der Waals surface area contributed by atoms with Crippen molar-refractivity contribution in [2.45, 2.75) is 45.6 Å². The minimum absolute atomic E-state index is 0.495. The number of fused-ring (bicyclic) bond motifs is 1. The van der Waals surface area contributed by atoms with E-state index < -0.39 is 0 Å². The number of aromatic nitrogens is 1. The van der Waals surface area contributed by atoms with Gasteiger partial charge in [-0.2, -0.15) is 0 Å². The highest BCUT2D eigenvalue weighted by Crippen LogP contribution is 2.28. The molecule has 3 heteroatoms. The highest BCUT2D eigenvalue weighted by molar-refractivity contribution is 5.26. The van der Waals surface area contributed by atoms with Crippen molar-refractivity contribution >= 4 is 0 Å². The fraction of sp³-hybridized carbons (Fsp3) is 0.727. The van der Waals surface area contributed by atoms with Gasteiger partial charge < -0.3 is 9.26 Å². The lowest BCUT2D eigenvalue weighted by Crippen LogP contribution is -2.10. The van der Waals surface area contributed by atoms with E-state index >= 15 is 0 Å². The van der Waals surface area contributed by atoms with Gasteiger partial charge in [0, 0.05) is 17.9 Å². The highest BCUT2D eigenvalue weighted by Gasteiger charge is 2.22. The summed E-state index contributed by atoms with van der Waals surface area (Å²) in [5, 5.41) is 4.16. The molecule has 0 radical (unpaired) electrons. The Morgan fingerprint density at radius 3 is 3.14 bits per heavy atom. The van der Waals surface area contributed by atoms with Gasteiger partial charge in [0.2, 0.25) is 0 Å². The van der Waals surface area contributed by atoms with E-state index in [9.17, 15) is 0 Å². The normalized spacial score (nSPS) is 17.9. The Morgan fingerprint density at radius 1 is 1.50 bits per heavy atom. The molecule has 78 valence electrons. The minimum atomic E-state index is 0.495. The first-order chi connectivity index (χ1) is 6.83. The SMILES string of the molecule is CCCC(C)c1noc2c1COCC2. The van der Waals surface area contributed by atoms with Gasteiger partial charge in [0.1, 0.15) is 5.76 Å². The first-order valence-electron chi connectivity index (χ1n) is 5.38. The van der Waals surface area contributed by atoms with Gasteiger partial charge in [0.15, 0.2) is 0 Å². The molecule has 3 nitrogen and oxygen atoms in total. The Kier molecular flexibility index (Phi) is 2.87. The number of hydrogen-bond donors (Lipinski definition) is 0. The van der Waals surface area contributed by atoms with Crippen molar-refractivity contribution in [3.63, 3.8) is 0 Å². The summed E-state index contributed by atoms with van der Waals surface area (Å²) >= 11 is 0. The average Bonchev–Trinajstić information content (AvgIpc) is 2.61. The maximum atomic E-state index is 5.42. The fourth-order valence-corrected chi connectivity index (χ4v) is 2.00. The average molecular weight is 195 g/mol. The van der Waals surface area contributed by atoms with Gasteiger partial charge in [-0.05, 0) is 6.42 Å². The van der Waals surface area contributed by atoms with Gasteiger partial charge in [0.25, 0.3) is 0 Å². The number of nitrogens with zero attached hydrogens (tertiary/aromatic N) is 1. The van der Waals surface area contributed by atoms with Crippen LogP contribution in [-0.4, -0.2) is 11.8 Å². The lowest BCUT2D eigenvalue weighted by atomic mass is 9.97. The largest absolute Gasteiger partial charge is 0.376 e. The van der Waals surface area contributed by atoms with Gasteiger partial charge in [0.05, 0.1) is 18.9 Å². The van der Waals surface area contributed by atoms with E-state index in [1.807, 2.05) is 0 Å². The number of hydrogen-bond acceptors (Lipinski definition) is 3. The van der Waals surface area contributed by atoms with Crippen LogP contribution in [0.1, 0.15) is 49.6 Å². The molecule has 1 unspecified atom stereocenters. The maximum Gasteiger partial charge on any atom is 0.144 e. The summed E-state index contributed by atoms with van der Waals surface area (Å²) in [4.78, 5) is 0. The monoisotopic (exact) mass is 195 g/mol. The zero-order valence-electron chi connectivity index (χ0n) is 8.88. The second-order valence-corrected chi connectivity index (χ2v) is 3.96. The van der Waals surface area contributed by atoms with Crippen LogP contribution in [0.5, 0.6) is 0 Å². The van der Waals surface area contributed by atoms with E-state index in [2.05, 4.69) is 19.0 Å². The van der Waals surface area contributed by atoms with Crippen molar-refractivity contribution < 1.29 is 9.26 Å². The summed E-state index contributed by atoms with van der Waals surface area (Å²) in [6.45, 7) is 5.85. The van der Waals surface area contributed by atoms with Crippen molar-refractivity contribution in [3.05, 3.63) is 17.0 Å². The molecule has 0 saturated heterocycles. The lowest BCUT2D eigenvalue weighted by molar-refractivity contribution is 0.102. The zero-order valence-corrected chi connectivity index (χ0v) is 8.88. The molecule has 1 aliphatic heterocycles. The minimum Gasteiger partial charge on any atom is -0.376 e. The van der Waals surface area contributed by atoms with Gasteiger partial charge in [-0.1, -0.05) is 25.4 Å². The molecule has 1 aromatic heterocycles. The zero-order chi connectivity index (χ0) is 9.97. The molecule has 0 fully saturated rings. The molecule has 14 heavy (non-hydrogen) atoms. The molecular formula is C11H17NO2. The molecule has 0 spiro atoms. The molecule has 0 bridgehead atoms. The molecule has 1 aliphatic rings. The fourth-order valence-electron chi connectivity index (χ4n) is 2.00. The molecule has 0 aromatic carbocycles. The van der Waals surface area contributed by atoms with Crippen molar-refractivity contribution in [2.75, 3.05) is 6.61 Å². The van der Waals surface area contributed by atoms with Crippen LogP contribution < -0.4 is 0 Å². The third-order valence-corrected chi connectivity index (χ3v) is 2.81. The third kappa shape index (κ3) is 1.69. The third-order valence-electron chi connectivity index (χ3n) is 2.81. The van der Waals surface area contributed by atoms with Gasteiger partial charge in [-0.15, -0.1) is 0 Å². The standard InChI is InChI=1S/C11H17NO2/c1-3-4-8(2)11-9-7-13-6-5-10(9)14-12-11/h8H,3-7H2,1-2H3. The quantitative estimate of drug-likeness (QED) is 0.743. The van der Waals surface area contributed by atoms with E-state index in [4.69, 9.17) is 9.26 Å². The molecule has 0 saturated carbocycles. The lowest BCUT2D eigenvalue weighted by Gasteiger charge is -2.13. The van der Waals surface area contributed by atoms with Crippen LogP contribution in [-0.2, 0) is 17.8 Å². The summed E-state index contributed by atoms with van der Waals surface area (Å²) < 4.78 is 10.7. The smallest absolute Gasteiger partial charge is 0.144 e. The highest BCUT2D eigenvalue weighted by atomic mass is 16.5. The van der Waals surface area contributed by atoms with E-state index in [0.29, 0.717) is 12.5 Å². The molecule has 1 atom stereocenters. The van der Waals surface area contributed by atoms with Crippen LogP contribution in [0.15, 0.2) is 4.52 Å². The second-order valence-electron chi connectivity index (χ2n) is 3.96. The predicted octanol–water partition coefficient (Wildman–Crippen LogP) is 2.65. The molecule has 0 amide bonds. The first-order valence-corrected chi connectivity index (χ1v) is 5.38. The Balaban J connectivity index is 2.21. The topological polar surface area (TPSA) is 35.3 Å². The van der Waals surface area contributed by atoms with E-state index in [1.54, 1.807) is 0 Å².